The lowest BCUT2D eigenvalue weighted by Crippen LogP contribution is -2.45. The van der Waals surface area contributed by atoms with Crippen LogP contribution in [0.15, 0.2) is 47.6 Å². The van der Waals surface area contributed by atoms with Crippen LogP contribution in [0.1, 0.15) is 20.7 Å². The standard InChI is InChI=1S/C17H15ClF2N6O3/c1-26-17(23-24-25-26)22-15(28)10-7-8-11(29-16(19)20)13(12(10)18)21-14(27)9-5-3-2-4-6-9/h2-8,16,24-25H,1H3,(H,21,27)(H,22,23,28). The van der Waals surface area contributed by atoms with E-state index in [-0.39, 0.29) is 33.5 Å². The Labute approximate surface area is 168 Å². The van der Waals surface area contributed by atoms with E-state index >= 15 is 0 Å². The van der Waals surface area contributed by atoms with Gasteiger partial charge in [-0.3, -0.25) is 19.9 Å². The first-order chi connectivity index (χ1) is 13.9. The molecule has 2 amide bonds. The summed E-state index contributed by atoms with van der Waals surface area (Å²) < 4.78 is 30.0. The van der Waals surface area contributed by atoms with E-state index in [2.05, 4.69) is 31.5 Å². The second kappa shape index (κ2) is 8.71. The molecule has 4 N–H and O–H groups in total. The molecule has 0 bridgehead atoms. The third kappa shape index (κ3) is 4.70. The Bertz CT molecular complexity index is 958. The number of benzene rings is 2. The number of alkyl halides is 2. The number of nitrogens with one attached hydrogen (secondary N) is 4. The summed E-state index contributed by atoms with van der Waals surface area (Å²) in [5.41, 5.74) is 4.96. The van der Waals surface area contributed by atoms with E-state index in [1.54, 1.807) is 25.2 Å². The van der Waals surface area contributed by atoms with E-state index in [1.165, 1.54) is 23.2 Å². The van der Waals surface area contributed by atoms with Crippen LogP contribution in [0.4, 0.5) is 14.5 Å². The number of hydrazine groups is 2. The lowest BCUT2D eigenvalue weighted by molar-refractivity contribution is -0.0493. The number of ether oxygens (including phenoxy) is 1. The molecule has 0 aliphatic carbocycles. The highest BCUT2D eigenvalue weighted by Crippen LogP contribution is 2.36. The predicted octanol–water partition coefficient (Wildman–Crippen LogP) is 2.15. The van der Waals surface area contributed by atoms with E-state index in [0.29, 0.717) is 0 Å². The Hall–Kier alpha value is -3.44. The highest BCUT2D eigenvalue weighted by molar-refractivity contribution is 6.37. The van der Waals surface area contributed by atoms with E-state index in [4.69, 9.17) is 11.6 Å². The Morgan fingerprint density at radius 3 is 2.48 bits per heavy atom. The van der Waals surface area contributed by atoms with Gasteiger partial charge in [-0.05, 0) is 24.3 Å². The molecule has 1 aliphatic rings. The van der Waals surface area contributed by atoms with Gasteiger partial charge in [0, 0.05) is 12.6 Å². The second-order valence-corrected chi connectivity index (χ2v) is 6.05. The molecular formula is C17H15ClF2N6O3. The van der Waals surface area contributed by atoms with Gasteiger partial charge in [-0.25, -0.2) is 5.53 Å². The van der Waals surface area contributed by atoms with Gasteiger partial charge in [0.2, 0.25) is 5.96 Å². The van der Waals surface area contributed by atoms with Gasteiger partial charge in [-0.2, -0.15) is 8.78 Å². The van der Waals surface area contributed by atoms with Crippen LogP contribution < -0.4 is 26.4 Å². The fraction of sp³-hybridized carbons (Fsp3) is 0.118. The fourth-order valence-corrected chi connectivity index (χ4v) is 2.67. The van der Waals surface area contributed by atoms with Crippen LogP contribution in [0.25, 0.3) is 0 Å². The maximum Gasteiger partial charge on any atom is 0.387 e. The molecule has 1 heterocycles. The number of anilines is 1. The topological polar surface area (TPSA) is 107 Å². The van der Waals surface area contributed by atoms with Crippen molar-refractivity contribution in [3.05, 3.63) is 58.6 Å². The molecule has 152 valence electrons. The minimum absolute atomic E-state index is 0.0837. The van der Waals surface area contributed by atoms with Crippen LogP contribution >= 0.6 is 11.6 Å². The van der Waals surface area contributed by atoms with Crippen molar-refractivity contribution in [1.29, 1.82) is 0 Å². The molecule has 2 aromatic rings. The molecular weight excluding hydrogens is 410 g/mol. The molecule has 0 unspecified atom stereocenters. The van der Waals surface area contributed by atoms with Crippen LogP contribution in [0.3, 0.4) is 0 Å². The Balaban J connectivity index is 1.92. The predicted molar refractivity (Wildman–Crippen MR) is 101 cm³/mol. The molecule has 0 aromatic heterocycles. The summed E-state index contributed by atoms with van der Waals surface area (Å²) in [4.78, 5) is 25.0. The molecule has 2 aromatic carbocycles. The van der Waals surface area contributed by atoms with Gasteiger partial charge >= 0.3 is 6.61 Å². The van der Waals surface area contributed by atoms with Crippen molar-refractivity contribution in [3.63, 3.8) is 0 Å². The van der Waals surface area contributed by atoms with Crippen molar-refractivity contribution in [3.8, 4) is 5.75 Å². The number of hydrogen-bond donors (Lipinski definition) is 4. The number of rotatable bonds is 5. The van der Waals surface area contributed by atoms with Gasteiger partial charge < -0.3 is 10.1 Å². The number of guanidine groups is 1. The molecule has 0 saturated carbocycles. The van der Waals surface area contributed by atoms with Crippen molar-refractivity contribution in [2.45, 2.75) is 6.61 Å². The van der Waals surface area contributed by atoms with Crippen molar-refractivity contribution in [1.82, 2.24) is 21.4 Å². The zero-order chi connectivity index (χ0) is 21.0. The van der Waals surface area contributed by atoms with E-state index < -0.39 is 18.4 Å². The number of amides is 2. The number of halogens is 3. The molecule has 0 saturated heterocycles. The lowest BCUT2D eigenvalue weighted by atomic mass is 10.1. The van der Waals surface area contributed by atoms with Crippen LogP contribution in [0.2, 0.25) is 5.02 Å². The SMILES string of the molecule is CN1NNN=C1NC(=O)c1ccc(OC(F)F)c(NC(=O)c2ccccc2)c1Cl. The van der Waals surface area contributed by atoms with Gasteiger partial charge in [-0.1, -0.05) is 29.8 Å². The summed E-state index contributed by atoms with van der Waals surface area (Å²) in [5.74, 6) is -1.53. The quantitative estimate of drug-likeness (QED) is 0.586. The Kier molecular flexibility index (Phi) is 6.10. The molecule has 3 rings (SSSR count). The maximum atomic E-state index is 12.8. The fourth-order valence-electron chi connectivity index (χ4n) is 2.38. The summed E-state index contributed by atoms with van der Waals surface area (Å²) in [6.07, 6.45) is 0. The highest BCUT2D eigenvalue weighted by Gasteiger charge is 2.24. The summed E-state index contributed by atoms with van der Waals surface area (Å²) >= 11 is 6.26. The Morgan fingerprint density at radius 2 is 1.86 bits per heavy atom. The molecule has 0 spiro atoms. The van der Waals surface area contributed by atoms with Crippen LogP contribution in [-0.2, 0) is 0 Å². The summed E-state index contributed by atoms with van der Waals surface area (Å²) in [6, 6.07) is 10.4. The van der Waals surface area contributed by atoms with E-state index in [1.807, 2.05) is 0 Å². The average Bonchev–Trinajstić information content (AvgIpc) is 3.09. The van der Waals surface area contributed by atoms with E-state index in [9.17, 15) is 18.4 Å². The monoisotopic (exact) mass is 424 g/mol. The van der Waals surface area contributed by atoms with Gasteiger partial charge in [0.1, 0.15) is 5.69 Å². The number of hydrazone groups is 1. The Morgan fingerprint density at radius 1 is 1.14 bits per heavy atom. The van der Waals surface area contributed by atoms with E-state index in [0.717, 1.165) is 6.07 Å². The molecule has 0 atom stereocenters. The van der Waals surface area contributed by atoms with Gasteiger partial charge in [0.15, 0.2) is 5.75 Å². The summed E-state index contributed by atoms with van der Waals surface area (Å²) in [7, 11) is 1.59. The summed E-state index contributed by atoms with van der Waals surface area (Å²) in [5, 5.41) is 9.82. The first-order valence-corrected chi connectivity index (χ1v) is 8.51. The average molecular weight is 425 g/mol. The molecule has 0 radical (unpaired) electrons. The molecule has 0 fully saturated rings. The first kappa shape index (κ1) is 20.3. The first-order valence-electron chi connectivity index (χ1n) is 8.14. The maximum absolute atomic E-state index is 12.8. The van der Waals surface area contributed by atoms with Crippen LogP contribution in [0, 0.1) is 0 Å². The smallest absolute Gasteiger partial charge is 0.387 e. The van der Waals surface area contributed by atoms with Crippen molar-refractivity contribution in [2.75, 3.05) is 12.4 Å². The molecule has 29 heavy (non-hydrogen) atoms. The van der Waals surface area contributed by atoms with Crippen molar-refractivity contribution >= 4 is 35.1 Å². The summed E-state index contributed by atoms with van der Waals surface area (Å²) in [6.45, 7) is -3.16. The van der Waals surface area contributed by atoms with Crippen molar-refractivity contribution in [2.24, 2.45) is 5.10 Å². The van der Waals surface area contributed by atoms with Crippen LogP contribution in [0.5, 0.6) is 5.75 Å². The van der Waals surface area contributed by atoms with Gasteiger partial charge in [0.05, 0.1) is 10.6 Å². The zero-order valence-corrected chi connectivity index (χ0v) is 15.6. The van der Waals surface area contributed by atoms with Crippen molar-refractivity contribution < 1.29 is 23.1 Å². The second-order valence-electron chi connectivity index (χ2n) is 5.67. The number of carbonyl (C=O) groups excluding carboxylic acids is 2. The van der Waals surface area contributed by atoms with Gasteiger partial charge in [-0.15, -0.1) is 10.6 Å². The van der Waals surface area contributed by atoms with Gasteiger partial charge in [0.25, 0.3) is 11.8 Å². The highest BCUT2D eigenvalue weighted by atomic mass is 35.5. The zero-order valence-electron chi connectivity index (χ0n) is 14.9. The third-order valence-corrected chi connectivity index (χ3v) is 4.15. The minimum atomic E-state index is -3.16. The molecule has 12 heteroatoms. The van der Waals surface area contributed by atoms with Crippen LogP contribution in [-0.4, -0.2) is 36.4 Å². The number of nitrogens with zero attached hydrogens (tertiary/aromatic N) is 2. The largest absolute Gasteiger partial charge is 0.433 e. The third-order valence-electron chi connectivity index (χ3n) is 3.76. The number of carbonyl (C=O) groups is 2. The minimum Gasteiger partial charge on any atom is -0.433 e. The molecule has 1 aliphatic heterocycles. The number of hydrogen-bond acceptors (Lipinski definition) is 7. The lowest BCUT2D eigenvalue weighted by Gasteiger charge is -2.17. The normalized spacial score (nSPS) is 13.0. The molecule has 9 nitrogen and oxygen atoms in total.